The Labute approximate surface area is 97.3 Å². The van der Waals surface area contributed by atoms with Crippen LogP contribution in [0, 0.1) is 0 Å². The second-order valence-electron chi connectivity index (χ2n) is 3.55. The molecular weight excluding hydrogens is 226 g/mol. The van der Waals surface area contributed by atoms with Crippen molar-refractivity contribution >= 4 is 11.9 Å². The van der Waals surface area contributed by atoms with Gasteiger partial charge in [0.15, 0.2) is 0 Å². The molecule has 0 aliphatic rings. The molecule has 92 valence electrons. The molecule has 0 saturated heterocycles. The topological polar surface area (TPSA) is 92.5 Å². The third-order valence-corrected chi connectivity index (χ3v) is 2.42. The monoisotopic (exact) mass is 239 g/mol. The Morgan fingerprint density at radius 1 is 1.59 bits per heavy atom. The van der Waals surface area contributed by atoms with Crippen LogP contribution >= 0.6 is 0 Å². The number of carboxylic acid groups (broad SMARTS) is 1. The molecule has 1 atom stereocenters. The number of nitrogens with zero attached hydrogens (tertiary/aromatic N) is 3. The summed E-state index contributed by atoms with van der Waals surface area (Å²) in [5.74, 6) is -1.56. The zero-order valence-electron chi connectivity index (χ0n) is 9.53. The van der Waals surface area contributed by atoms with Crippen molar-refractivity contribution in [3.63, 3.8) is 0 Å². The molecule has 1 rings (SSSR count). The summed E-state index contributed by atoms with van der Waals surface area (Å²) in [7, 11) is 1.38. The van der Waals surface area contributed by atoms with Crippen LogP contribution in [-0.4, -0.2) is 44.5 Å². The first-order chi connectivity index (χ1) is 7.93. The first-order valence-electron chi connectivity index (χ1n) is 4.93. The summed E-state index contributed by atoms with van der Waals surface area (Å²) in [6.45, 7) is 1.17. The zero-order chi connectivity index (χ0) is 13.0. The van der Waals surface area contributed by atoms with Crippen molar-refractivity contribution in [2.75, 3.05) is 7.05 Å². The van der Waals surface area contributed by atoms with Crippen molar-refractivity contribution in [1.82, 2.24) is 14.5 Å². The molecule has 1 aromatic heterocycles. The van der Waals surface area contributed by atoms with Crippen LogP contribution in [0.4, 0.5) is 0 Å². The van der Waals surface area contributed by atoms with E-state index in [0.29, 0.717) is 0 Å². The molecular formula is C10H13N3O4. The molecule has 0 spiro atoms. The highest BCUT2D eigenvalue weighted by atomic mass is 16.4. The van der Waals surface area contributed by atoms with Crippen molar-refractivity contribution in [3.8, 4) is 0 Å². The van der Waals surface area contributed by atoms with E-state index >= 15 is 0 Å². The molecule has 0 bridgehead atoms. The van der Waals surface area contributed by atoms with E-state index in [4.69, 9.17) is 5.11 Å². The lowest BCUT2D eigenvalue weighted by Crippen LogP contribution is -2.43. The molecule has 0 radical (unpaired) electrons. The quantitative estimate of drug-likeness (QED) is 0.740. The number of aliphatic carboxylic acids is 1. The highest BCUT2D eigenvalue weighted by molar-refractivity contribution is 5.82. The highest BCUT2D eigenvalue weighted by Crippen LogP contribution is 1.97. The van der Waals surface area contributed by atoms with E-state index in [0.717, 1.165) is 9.47 Å². The maximum Gasteiger partial charge on any atom is 0.347 e. The van der Waals surface area contributed by atoms with Crippen molar-refractivity contribution in [2.45, 2.75) is 19.5 Å². The number of aromatic nitrogens is 2. The Kier molecular flexibility index (Phi) is 3.97. The van der Waals surface area contributed by atoms with Crippen LogP contribution in [0.1, 0.15) is 6.92 Å². The molecule has 0 aliphatic carbocycles. The van der Waals surface area contributed by atoms with E-state index in [9.17, 15) is 14.4 Å². The van der Waals surface area contributed by atoms with Gasteiger partial charge in [-0.25, -0.2) is 14.6 Å². The molecule has 0 fully saturated rings. The number of hydrogen-bond donors (Lipinski definition) is 1. The predicted octanol–water partition coefficient (Wildman–Crippen LogP) is -0.825. The first kappa shape index (κ1) is 12.9. The SMILES string of the molecule is CC(C(=O)O)N(C)C(=O)Cn1cccnc1=O. The molecule has 1 N–H and O–H groups in total. The summed E-state index contributed by atoms with van der Waals surface area (Å²) >= 11 is 0. The van der Waals surface area contributed by atoms with Crippen LogP contribution in [0.15, 0.2) is 23.3 Å². The molecule has 17 heavy (non-hydrogen) atoms. The Balaban J connectivity index is 2.77. The largest absolute Gasteiger partial charge is 0.480 e. The second-order valence-corrected chi connectivity index (χ2v) is 3.55. The zero-order valence-corrected chi connectivity index (χ0v) is 9.53. The average molecular weight is 239 g/mol. The van der Waals surface area contributed by atoms with Gasteiger partial charge in [0.2, 0.25) is 5.91 Å². The van der Waals surface area contributed by atoms with Gasteiger partial charge in [-0.2, -0.15) is 0 Å². The van der Waals surface area contributed by atoms with Crippen molar-refractivity contribution in [2.24, 2.45) is 0 Å². The van der Waals surface area contributed by atoms with Crippen LogP contribution < -0.4 is 5.69 Å². The van der Waals surface area contributed by atoms with Gasteiger partial charge in [0.1, 0.15) is 12.6 Å². The fourth-order valence-corrected chi connectivity index (χ4v) is 1.15. The van der Waals surface area contributed by atoms with E-state index in [1.165, 1.54) is 32.4 Å². The lowest BCUT2D eigenvalue weighted by Gasteiger charge is -2.21. The van der Waals surface area contributed by atoms with E-state index in [2.05, 4.69) is 4.98 Å². The number of hydrogen-bond acceptors (Lipinski definition) is 4. The fraction of sp³-hybridized carbons (Fsp3) is 0.400. The smallest absolute Gasteiger partial charge is 0.347 e. The molecule has 7 heteroatoms. The fourth-order valence-electron chi connectivity index (χ4n) is 1.15. The van der Waals surface area contributed by atoms with Crippen molar-refractivity contribution in [1.29, 1.82) is 0 Å². The number of carboxylic acids is 1. The molecule has 1 unspecified atom stereocenters. The van der Waals surface area contributed by atoms with Gasteiger partial charge in [-0.15, -0.1) is 0 Å². The van der Waals surface area contributed by atoms with Crippen LogP contribution in [0.3, 0.4) is 0 Å². The minimum absolute atomic E-state index is 0.221. The summed E-state index contributed by atoms with van der Waals surface area (Å²) in [5, 5.41) is 8.75. The molecule has 1 heterocycles. The number of rotatable bonds is 4. The Morgan fingerprint density at radius 3 is 2.76 bits per heavy atom. The Bertz CT molecular complexity index is 482. The lowest BCUT2D eigenvalue weighted by atomic mass is 10.3. The van der Waals surface area contributed by atoms with E-state index in [1.807, 2.05) is 0 Å². The van der Waals surface area contributed by atoms with E-state index in [1.54, 1.807) is 0 Å². The molecule has 0 aromatic carbocycles. The summed E-state index contributed by atoms with van der Waals surface area (Å²) in [6, 6.07) is 0.588. The average Bonchev–Trinajstić information content (AvgIpc) is 2.30. The van der Waals surface area contributed by atoms with Crippen LogP contribution in [0.5, 0.6) is 0 Å². The maximum atomic E-state index is 11.7. The van der Waals surface area contributed by atoms with Gasteiger partial charge >= 0.3 is 11.7 Å². The lowest BCUT2D eigenvalue weighted by molar-refractivity contribution is -0.148. The second kappa shape index (κ2) is 5.24. The molecule has 0 saturated carbocycles. The molecule has 1 aromatic rings. The maximum absolute atomic E-state index is 11.7. The number of likely N-dealkylation sites (N-methyl/N-ethyl adjacent to an activating group) is 1. The summed E-state index contributed by atoms with van der Waals surface area (Å²) in [4.78, 5) is 38.2. The Hall–Kier alpha value is -2.18. The summed E-state index contributed by atoms with van der Waals surface area (Å²) < 4.78 is 1.12. The molecule has 7 nitrogen and oxygen atoms in total. The third kappa shape index (κ3) is 3.13. The summed E-state index contributed by atoms with van der Waals surface area (Å²) in [5.41, 5.74) is -0.544. The van der Waals surface area contributed by atoms with Crippen LogP contribution in [-0.2, 0) is 16.1 Å². The number of carbonyl (C=O) groups excluding carboxylic acids is 1. The van der Waals surface area contributed by atoms with Crippen LogP contribution in [0.25, 0.3) is 0 Å². The van der Waals surface area contributed by atoms with Gasteiger partial charge in [-0.1, -0.05) is 0 Å². The normalized spacial score (nSPS) is 11.9. The van der Waals surface area contributed by atoms with Gasteiger partial charge < -0.3 is 10.0 Å². The van der Waals surface area contributed by atoms with Gasteiger partial charge in [0.05, 0.1) is 0 Å². The third-order valence-electron chi connectivity index (χ3n) is 2.42. The van der Waals surface area contributed by atoms with E-state index < -0.39 is 23.6 Å². The predicted molar refractivity (Wildman–Crippen MR) is 58.4 cm³/mol. The first-order valence-corrected chi connectivity index (χ1v) is 4.93. The minimum atomic E-state index is -1.10. The van der Waals surface area contributed by atoms with Crippen molar-refractivity contribution < 1.29 is 14.7 Å². The van der Waals surface area contributed by atoms with Crippen LogP contribution in [0.2, 0.25) is 0 Å². The summed E-state index contributed by atoms with van der Waals surface area (Å²) in [6.07, 6.45) is 2.75. The molecule has 0 aliphatic heterocycles. The number of carbonyl (C=O) groups is 2. The van der Waals surface area contributed by atoms with Gasteiger partial charge in [-0.3, -0.25) is 9.36 Å². The minimum Gasteiger partial charge on any atom is -0.480 e. The van der Waals surface area contributed by atoms with Gasteiger partial charge in [0, 0.05) is 19.4 Å². The Morgan fingerprint density at radius 2 is 2.24 bits per heavy atom. The highest BCUT2D eigenvalue weighted by Gasteiger charge is 2.21. The molecule has 1 amide bonds. The standard InChI is InChI=1S/C10H13N3O4/c1-7(9(15)16)12(2)8(14)6-13-5-3-4-11-10(13)17/h3-5,7H,6H2,1-2H3,(H,15,16). The van der Waals surface area contributed by atoms with Gasteiger partial charge in [-0.05, 0) is 13.0 Å². The van der Waals surface area contributed by atoms with Gasteiger partial charge in [0.25, 0.3) is 0 Å². The van der Waals surface area contributed by atoms with E-state index in [-0.39, 0.29) is 6.54 Å². The number of amides is 1. The van der Waals surface area contributed by atoms with Crippen molar-refractivity contribution in [3.05, 3.63) is 28.9 Å².